The Morgan fingerprint density at radius 1 is 1.50 bits per heavy atom. The maximum absolute atomic E-state index is 10.3. The van der Waals surface area contributed by atoms with E-state index in [1.807, 2.05) is 6.92 Å². The summed E-state index contributed by atoms with van der Waals surface area (Å²) in [6.45, 7) is 6.22. The number of rotatable bonds is 4. The summed E-state index contributed by atoms with van der Waals surface area (Å²) < 4.78 is 0. The molecule has 0 aliphatic heterocycles. The van der Waals surface area contributed by atoms with Crippen molar-refractivity contribution in [3.8, 4) is 0 Å². The monoisotopic (exact) mass is 177 g/mol. The quantitative estimate of drug-likeness (QED) is 0.691. The SMILES string of the molecule is CCC.CCC[C@H](NC)C(=O)O.[HH]. The zero-order valence-corrected chi connectivity index (χ0v) is 8.55. The van der Waals surface area contributed by atoms with Crippen LogP contribution in [0.4, 0.5) is 0 Å². The molecule has 3 heteroatoms. The Kier molecular flexibility index (Phi) is 12.2. The van der Waals surface area contributed by atoms with Gasteiger partial charge < -0.3 is 10.4 Å². The van der Waals surface area contributed by atoms with Gasteiger partial charge in [0.25, 0.3) is 0 Å². The highest BCUT2D eigenvalue weighted by Crippen LogP contribution is 1.94. The maximum Gasteiger partial charge on any atom is 0.320 e. The first-order chi connectivity index (χ1) is 5.63. The van der Waals surface area contributed by atoms with Crippen LogP contribution in [-0.2, 0) is 4.79 Å². The van der Waals surface area contributed by atoms with E-state index in [0.717, 1.165) is 6.42 Å². The van der Waals surface area contributed by atoms with Crippen molar-refractivity contribution >= 4 is 5.97 Å². The topological polar surface area (TPSA) is 49.3 Å². The Morgan fingerprint density at radius 3 is 2.00 bits per heavy atom. The predicted octanol–water partition coefficient (Wildman–Crippen LogP) is 2.12. The van der Waals surface area contributed by atoms with Gasteiger partial charge in [0.2, 0.25) is 0 Å². The van der Waals surface area contributed by atoms with E-state index in [1.54, 1.807) is 7.05 Å². The summed E-state index contributed by atoms with van der Waals surface area (Å²) in [6, 6.07) is -0.366. The highest BCUT2D eigenvalue weighted by atomic mass is 16.4. The molecule has 0 spiro atoms. The first kappa shape index (κ1) is 14.0. The summed E-state index contributed by atoms with van der Waals surface area (Å²) in [5.74, 6) is -0.764. The number of hydrogen-bond donors (Lipinski definition) is 2. The number of likely N-dealkylation sites (N-methyl/N-ethyl adjacent to an activating group) is 1. The third-order valence-corrected chi connectivity index (χ3v) is 1.22. The molecule has 0 aliphatic carbocycles. The lowest BCUT2D eigenvalue weighted by atomic mass is 10.2. The largest absolute Gasteiger partial charge is 0.480 e. The van der Waals surface area contributed by atoms with E-state index in [0.29, 0.717) is 6.42 Å². The van der Waals surface area contributed by atoms with E-state index >= 15 is 0 Å². The molecule has 0 saturated carbocycles. The van der Waals surface area contributed by atoms with Crippen LogP contribution in [0.15, 0.2) is 0 Å². The lowest BCUT2D eigenvalue weighted by molar-refractivity contribution is -0.139. The smallest absolute Gasteiger partial charge is 0.320 e. The molecule has 0 aromatic heterocycles. The van der Waals surface area contributed by atoms with Crippen molar-refractivity contribution < 1.29 is 11.3 Å². The first-order valence-electron chi connectivity index (χ1n) is 4.53. The number of carboxylic acids is 1. The van der Waals surface area contributed by atoms with Crippen LogP contribution in [0.5, 0.6) is 0 Å². The summed E-state index contributed by atoms with van der Waals surface area (Å²) in [5.41, 5.74) is 0. The van der Waals surface area contributed by atoms with Crippen LogP contribution in [0.1, 0.15) is 41.5 Å². The van der Waals surface area contributed by atoms with Gasteiger partial charge in [0.1, 0.15) is 6.04 Å². The fraction of sp³-hybridized carbons (Fsp3) is 0.889. The molecule has 2 N–H and O–H groups in total. The Balaban J connectivity index is -0.000000220. The van der Waals surface area contributed by atoms with Gasteiger partial charge in [0.05, 0.1) is 0 Å². The molecule has 0 amide bonds. The third kappa shape index (κ3) is 9.43. The summed E-state index contributed by atoms with van der Waals surface area (Å²) in [5, 5.41) is 11.1. The van der Waals surface area contributed by atoms with Crippen LogP contribution in [0.2, 0.25) is 0 Å². The van der Waals surface area contributed by atoms with E-state index in [2.05, 4.69) is 19.2 Å². The van der Waals surface area contributed by atoms with Gasteiger partial charge >= 0.3 is 5.97 Å². The molecule has 0 saturated heterocycles. The van der Waals surface area contributed by atoms with Crippen molar-refractivity contribution in [3.05, 3.63) is 0 Å². The summed E-state index contributed by atoms with van der Waals surface area (Å²) in [7, 11) is 1.66. The zero-order valence-electron chi connectivity index (χ0n) is 8.55. The number of nitrogens with one attached hydrogen (secondary N) is 1. The third-order valence-electron chi connectivity index (χ3n) is 1.22. The number of carbonyl (C=O) groups is 1. The number of carboxylic acid groups (broad SMARTS) is 1. The normalized spacial score (nSPS) is 11.3. The van der Waals surface area contributed by atoms with Crippen molar-refractivity contribution in [2.45, 2.75) is 46.1 Å². The minimum atomic E-state index is -0.764. The molecular formula is C9H23NO2. The van der Waals surface area contributed by atoms with Crippen molar-refractivity contribution in [1.82, 2.24) is 5.32 Å². The Bertz CT molecular complexity index is 110. The van der Waals surface area contributed by atoms with E-state index in [9.17, 15) is 4.79 Å². The van der Waals surface area contributed by atoms with Crippen LogP contribution in [0, 0.1) is 0 Å². The van der Waals surface area contributed by atoms with E-state index < -0.39 is 5.97 Å². The second-order valence-corrected chi connectivity index (χ2v) is 2.68. The molecule has 3 nitrogen and oxygen atoms in total. The summed E-state index contributed by atoms with van der Waals surface area (Å²) >= 11 is 0. The molecule has 0 aliphatic rings. The molecule has 0 unspecified atom stereocenters. The fourth-order valence-corrected chi connectivity index (χ4v) is 0.680. The summed E-state index contributed by atoms with van der Waals surface area (Å²) in [6.07, 6.45) is 2.85. The second kappa shape index (κ2) is 10.4. The molecule has 12 heavy (non-hydrogen) atoms. The van der Waals surface area contributed by atoms with Gasteiger partial charge in [-0.25, -0.2) is 0 Å². The van der Waals surface area contributed by atoms with Crippen LogP contribution in [0.25, 0.3) is 0 Å². The van der Waals surface area contributed by atoms with E-state index in [4.69, 9.17) is 5.11 Å². The number of hydrogen-bond acceptors (Lipinski definition) is 2. The molecule has 0 radical (unpaired) electrons. The minimum absolute atomic E-state index is 0. The molecular weight excluding hydrogens is 154 g/mol. The van der Waals surface area contributed by atoms with Gasteiger partial charge in [-0.2, -0.15) is 0 Å². The van der Waals surface area contributed by atoms with Crippen molar-refractivity contribution in [2.24, 2.45) is 0 Å². The number of aliphatic carboxylic acids is 1. The molecule has 1 atom stereocenters. The van der Waals surface area contributed by atoms with Gasteiger partial charge in [0.15, 0.2) is 0 Å². The zero-order chi connectivity index (χ0) is 9.98. The fourth-order valence-electron chi connectivity index (χ4n) is 0.680. The standard InChI is InChI=1S/C6H13NO2.C3H8.H2/c1-3-4-5(7-2)6(8)9;1-3-2;/h5,7H,3-4H2,1-2H3,(H,8,9);3H2,1-2H3;1H/t5-;;/m0../s1. The van der Waals surface area contributed by atoms with Crippen molar-refractivity contribution in [2.75, 3.05) is 7.05 Å². The summed E-state index contributed by atoms with van der Waals surface area (Å²) in [4.78, 5) is 10.3. The van der Waals surface area contributed by atoms with Gasteiger partial charge in [0, 0.05) is 1.43 Å². The second-order valence-electron chi connectivity index (χ2n) is 2.68. The average Bonchev–Trinajstić information content (AvgIpc) is 2.01. The van der Waals surface area contributed by atoms with Gasteiger partial charge in [-0.1, -0.05) is 33.6 Å². The van der Waals surface area contributed by atoms with Gasteiger partial charge in [-0.15, -0.1) is 0 Å². The highest BCUT2D eigenvalue weighted by Gasteiger charge is 2.11. The lowest BCUT2D eigenvalue weighted by Gasteiger charge is -2.07. The van der Waals surface area contributed by atoms with Gasteiger partial charge in [-0.3, -0.25) is 4.79 Å². The van der Waals surface area contributed by atoms with Crippen LogP contribution in [-0.4, -0.2) is 24.2 Å². The predicted molar refractivity (Wildman–Crippen MR) is 53.5 cm³/mol. The first-order valence-corrected chi connectivity index (χ1v) is 4.53. The van der Waals surface area contributed by atoms with Crippen LogP contribution in [0.3, 0.4) is 0 Å². The lowest BCUT2D eigenvalue weighted by Crippen LogP contribution is -2.33. The molecule has 0 fully saturated rings. The molecule has 0 aromatic carbocycles. The Labute approximate surface area is 76.7 Å². The van der Waals surface area contributed by atoms with Crippen molar-refractivity contribution in [3.63, 3.8) is 0 Å². The van der Waals surface area contributed by atoms with Crippen LogP contribution < -0.4 is 5.32 Å². The molecule has 76 valence electrons. The van der Waals surface area contributed by atoms with Gasteiger partial charge in [-0.05, 0) is 13.5 Å². The highest BCUT2D eigenvalue weighted by molar-refractivity contribution is 5.73. The Morgan fingerprint density at radius 2 is 1.92 bits per heavy atom. The molecule has 0 rings (SSSR count). The minimum Gasteiger partial charge on any atom is -0.480 e. The average molecular weight is 177 g/mol. The molecule has 0 aromatic rings. The van der Waals surface area contributed by atoms with Crippen molar-refractivity contribution in [1.29, 1.82) is 0 Å². The molecule has 0 bridgehead atoms. The molecule has 0 heterocycles. The van der Waals surface area contributed by atoms with Crippen LogP contribution >= 0.6 is 0 Å². The van der Waals surface area contributed by atoms with E-state index in [1.165, 1.54) is 6.42 Å². The maximum atomic E-state index is 10.3. The van der Waals surface area contributed by atoms with E-state index in [-0.39, 0.29) is 7.47 Å². The Hall–Kier alpha value is -0.570.